The molecule has 0 aliphatic carbocycles. The van der Waals surface area contributed by atoms with Gasteiger partial charge in [0.2, 0.25) is 5.91 Å². The Morgan fingerprint density at radius 1 is 1.20 bits per heavy atom. The lowest BCUT2D eigenvalue weighted by atomic mass is 10.2. The van der Waals surface area contributed by atoms with E-state index in [-0.39, 0.29) is 17.2 Å². The van der Waals surface area contributed by atoms with Crippen molar-refractivity contribution in [2.24, 2.45) is 0 Å². The number of nitrogens with zero attached hydrogens (tertiary/aromatic N) is 1. The van der Waals surface area contributed by atoms with Gasteiger partial charge in [0.05, 0.1) is 5.25 Å². The molecule has 1 N–H and O–H groups in total. The Morgan fingerprint density at radius 2 is 1.92 bits per heavy atom. The average molecular weight is 355 g/mol. The zero-order valence-corrected chi connectivity index (χ0v) is 15.8. The minimum Gasteiger partial charge on any atom is -0.351 e. The van der Waals surface area contributed by atoms with E-state index in [9.17, 15) is 4.79 Å². The third kappa shape index (κ3) is 5.35. The average Bonchev–Trinajstić information content (AvgIpc) is 3.04. The van der Waals surface area contributed by atoms with Gasteiger partial charge in [0.1, 0.15) is 0 Å². The van der Waals surface area contributed by atoms with E-state index in [1.807, 2.05) is 13.0 Å². The SMILES string of the molecule is Cc1ccc(SC(C)C(=O)NC2CCN(Cc3ccccc3)C2)cc1. The Labute approximate surface area is 154 Å². The molecule has 2 unspecified atom stereocenters. The Morgan fingerprint density at radius 3 is 2.64 bits per heavy atom. The van der Waals surface area contributed by atoms with Gasteiger partial charge in [-0.3, -0.25) is 9.69 Å². The van der Waals surface area contributed by atoms with Gasteiger partial charge in [0.25, 0.3) is 0 Å². The van der Waals surface area contributed by atoms with Crippen molar-refractivity contribution in [1.29, 1.82) is 0 Å². The molecule has 0 radical (unpaired) electrons. The van der Waals surface area contributed by atoms with Crippen LogP contribution in [0.15, 0.2) is 59.5 Å². The van der Waals surface area contributed by atoms with Crippen molar-refractivity contribution >= 4 is 17.7 Å². The van der Waals surface area contributed by atoms with Crippen LogP contribution in [0.5, 0.6) is 0 Å². The van der Waals surface area contributed by atoms with E-state index in [0.29, 0.717) is 0 Å². The summed E-state index contributed by atoms with van der Waals surface area (Å²) < 4.78 is 0. The maximum absolute atomic E-state index is 12.5. The number of rotatable bonds is 6. The van der Waals surface area contributed by atoms with Crippen molar-refractivity contribution in [3.8, 4) is 0 Å². The lowest BCUT2D eigenvalue weighted by molar-refractivity contribution is -0.120. The molecule has 2 atom stereocenters. The van der Waals surface area contributed by atoms with Crippen molar-refractivity contribution in [2.75, 3.05) is 13.1 Å². The van der Waals surface area contributed by atoms with Crippen LogP contribution >= 0.6 is 11.8 Å². The molecule has 132 valence electrons. The summed E-state index contributed by atoms with van der Waals surface area (Å²) in [6, 6.07) is 19.1. The summed E-state index contributed by atoms with van der Waals surface area (Å²) in [6.07, 6.45) is 1.03. The fourth-order valence-corrected chi connectivity index (χ4v) is 4.01. The second kappa shape index (κ2) is 8.54. The molecule has 1 aliphatic heterocycles. The van der Waals surface area contributed by atoms with E-state index >= 15 is 0 Å². The predicted molar refractivity (Wildman–Crippen MR) is 105 cm³/mol. The first-order valence-corrected chi connectivity index (χ1v) is 9.78. The van der Waals surface area contributed by atoms with E-state index in [1.54, 1.807) is 11.8 Å². The highest BCUT2D eigenvalue weighted by molar-refractivity contribution is 8.00. The normalized spacial score (nSPS) is 18.9. The van der Waals surface area contributed by atoms with E-state index in [2.05, 4.69) is 65.7 Å². The lowest BCUT2D eigenvalue weighted by Crippen LogP contribution is -2.40. The molecule has 0 saturated carbocycles. The van der Waals surface area contributed by atoms with E-state index < -0.39 is 0 Å². The molecule has 1 heterocycles. The van der Waals surface area contributed by atoms with E-state index in [0.717, 1.165) is 31.0 Å². The number of aryl methyl sites for hydroxylation is 1. The van der Waals surface area contributed by atoms with Gasteiger partial charge >= 0.3 is 0 Å². The van der Waals surface area contributed by atoms with Gasteiger partial charge in [0.15, 0.2) is 0 Å². The van der Waals surface area contributed by atoms with Crippen molar-refractivity contribution < 1.29 is 4.79 Å². The summed E-state index contributed by atoms with van der Waals surface area (Å²) >= 11 is 1.62. The van der Waals surface area contributed by atoms with Crippen LogP contribution in [0.25, 0.3) is 0 Å². The highest BCUT2D eigenvalue weighted by Crippen LogP contribution is 2.24. The number of amides is 1. The molecule has 2 aromatic carbocycles. The zero-order valence-electron chi connectivity index (χ0n) is 14.9. The van der Waals surface area contributed by atoms with Gasteiger partial charge in [-0.2, -0.15) is 0 Å². The van der Waals surface area contributed by atoms with Crippen LogP contribution < -0.4 is 5.32 Å². The molecule has 4 heteroatoms. The van der Waals surface area contributed by atoms with Gasteiger partial charge in [-0.25, -0.2) is 0 Å². The zero-order chi connectivity index (χ0) is 17.6. The second-order valence-electron chi connectivity index (χ2n) is 6.79. The van der Waals surface area contributed by atoms with E-state index in [1.165, 1.54) is 11.1 Å². The molecule has 2 aromatic rings. The number of benzene rings is 2. The Balaban J connectivity index is 1.45. The van der Waals surface area contributed by atoms with Crippen molar-refractivity contribution in [3.63, 3.8) is 0 Å². The monoisotopic (exact) mass is 354 g/mol. The molecule has 0 spiro atoms. The third-order valence-corrected chi connectivity index (χ3v) is 5.68. The minimum atomic E-state index is -0.0779. The molecule has 1 amide bonds. The van der Waals surface area contributed by atoms with Crippen LogP contribution in [0.4, 0.5) is 0 Å². The number of thioether (sulfide) groups is 1. The summed E-state index contributed by atoms with van der Waals surface area (Å²) in [5.74, 6) is 0.136. The maximum atomic E-state index is 12.5. The van der Waals surface area contributed by atoms with Crippen molar-refractivity contribution in [1.82, 2.24) is 10.2 Å². The standard InChI is InChI=1S/C21H26N2OS/c1-16-8-10-20(11-9-16)25-17(2)21(24)22-19-12-13-23(15-19)14-18-6-4-3-5-7-18/h3-11,17,19H,12-15H2,1-2H3,(H,22,24). The van der Waals surface area contributed by atoms with Gasteiger partial charge in [0, 0.05) is 30.6 Å². The summed E-state index contributed by atoms with van der Waals surface area (Å²) in [5.41, 5.74) is 2.57. The van der Waals surface area contributed by atoms with Crippen LogP contribution in [-0.4, -0.2) is 35.2 Å². The summed E-state index contributed by atoms with van der Waals surface area (Å²) in [7, 11) is 0. The molecule has 3 rings (SSSR count). The molecule has 1 fully saturated rings. The molecule has 1 saturated heterocycles. The van der Waals surface area contributed by atoms with E-state index in [4.69, 9.17) is 0 Å². The molecule has 0 bridgehead atoms. The second-order valence-corrected chi connectivity index (χ2v) is 8.20. The minimum absolute atomic E-state index is 0.0779. The highest BCUT2D eigenvalue weighted by atomic mass is 32.2. The summed E-state index contributed by atoms with van der Waals surface area (Å²) in [5, 5.41) is 3.15. The van der Waals surface area contributed by atoms with Crippen LogP contribution in [-0.2, 0) is 11.3 Å². The summed E-state index contributed by atoms with van der Waals surface area (Å²) in [6.45, 7) is 6.99. The maximum Gasteiger partial charge on any atom is 0.233 e. The number of hydrogen-bond acceptors (Lipinski definition) is 3. The van der Waals surface area contributed by atoms with Crippen molar-refractivity contribution in [3.05, 3.63) is 65.7 Å². The Hall–Kier alpha value is -1.78. The largest absolute Gasteiger partial charge is 0.351 e. The number of hydrogen-bond donors (Lipinski definition) is 1. The number of likely N-dealkylation sites (tertiary alicyclic amines) is 1. The first-order chi connectivity index (χ1) is 12.1. The van der Waals surface area contributed by atoms with Gasteiger partial charge < -0.3 is 5.32 Å². The van der Waals surface area contributed by atoms with Crippen LogP contribution in [0.2, 0.25) is 0 Å². The molecule has 25 heavy (non-hydrogen) atoms. The van der Waals surface area contributed by atoms with Crippen LogP contribution in [0.1, 0.15) is 24.5 Å². The van der Waals surface area contributed by atoms with Gasteiger partial charge in [-0.1, -0.05) is 48.0 Å². The molecular formula is C21H26N2OS. The number of carbonyl (C=O) groups excluding carboxylic acids is 1. The van der Waals surface area contributed by atoms with Gasteiger partial charge in [-0.15, -0.1) is 11.8 Å². The molecule has 3 nitrogen and oxygen atoms in total. The number of nitrogens with one attached hydrogen (secondary N) is 1. The topological polar surface area (TPSA) is 32.3 Å². The van der Waals surface area contributed by atoms with Gasteiger partial charge in [-0.05, 0) is 38.0 Å². The summed E-state index contributed by atoms with van der Waals surface area (Å²) in [4.78, 5) is 16.0. The molecule has 1 aliphatic rings. The molecular weight excluding hydrogens is 328 g/mol. The lowest BCUT2D eigenvalue weighted by Gasteiger charge is -2.18. The first-order valence-electron chi connectivity index (χ1n) is 8.90. The van der Waals surface area contributed by atoms with Crippen LogP contribution in [0, 0.1) is 6.92 Å². The first kappa shape index (κ1) is 18.0. The predicted octanol–water partition coefficient (Wildman–Crippen LogP) is 3.87. The Kier molecular flexibility index (Phi) is 6.16. The van der Waals surface area contributed by atoms with Crippen molar-refractivity contribution in [2.45, 2.75) is 43.0 Å². The smallest absolute Gasteiger partial charge is 0.233 e. The van der Waals surface area contributed by atoms with Crippen LogP contribution in [0.3, 0.4) is 0 Å². The fourth-order valence-electron chi connectivity index (χ4n) is 3.13. The number of carbonyl (C=O) groups is 1. The fraction of sp³-hybridized carbons (Fsp3) is 0.381. The molecule has 0 aromatic heterocycles. The Bertz CT molecular complexity index is 687. The highest BCUT2D eigenvalue weighted by Gasteiger charge is 2.25. The third-order valence-electron chi connectivity index (χ3n) is 4.57. The quantitative estimate of drug-likeness (QED) is 0.800.